The van der Waals surface area contributed by atoms with E-state index in [9.17, 15) is 14.4 Å². The average molecular weight is 487 g/mol. The smallest absolute Gasteiger partial charge is 0.340 e. The van der Waals surface area contributed by atoms with Crippen molar-refractivity contribution in [2.75, 3.05) is 10.6 Å². The van der Waals surface area contributed by atoms with Gasteiger partial charge in [-0.2, -0.15) is 0 Å². The van der Waals surface area contributed by atoms with Crippen molar-refractivity contribution in [3.05, 3.63) is 106 Å². The minimum absolute atomic E-state index is 0.157. The highest BCUT2D eigenvalue weighted by atomic mass is 32.1. The molecule has 1 heterocycles. The maximum atomic E-state index is 12.7. The van der Waals surface area contributed by atoms with Gasteiger partial charge in [0.15, 0.2) is 5.01 Å². The molecule has 8 nitrogen and oxygen atoms in total. The molecule has 0 saturated carbocycles. The number of anilines is 2. The van der Waals surface area contributed by atoms with Crippen molar-refractivity contribution in [3.63, 3.8) is 0 Å². The lowest BCUT2D eigenvalue weighted by Crippen LogP contribution is -2.15. The molecule has 0 fully saturated rings. The van der Waals surface area contributed by atoms with Gasteiger partial charge in [0.2, 0.25) is 5.01 Å². The molecule has 9 heteroatoms. The van der Waals surface area contributed by atoms with Crippen molar-refractivity contribution < 1.29 is 19.1 Å². The predicted octanol–water partition coefficient (Wildman–Crippen LogP) is 4.96. The van der Waals surface area contributed by atoms with Crippen molar-refractivity contribution >= 4 is 40.5 Å². The maximum absolute atomic E-state index is 12.7. The molecule has 35 heavy (non-hydrogen) atoms. The summed E-state index contributed by atoms with van der Waals surface area (Å²) in [5, 5.41) is 13.9. The van der Waals surface area contributed by atoms with Crippen molar-refractivity contribution in [2.45, 2.75) is 20.0 Å². The number of nitrogens with one attached hydrogen (secondary N) is 2. The number of nitrogens with zero attached hydrogens (tertiary/aromatic N) is 2. The third kappa shape index (κ3) is 6.15. The van der Waals surface area contributed by atoms with Crippen LogP contribution in [0, 0.1) is 0 Å². The molecular formula is C26H22N4O4S. The van der Waals surface area contributed by atoms with Crippen LogP contribution in [-0.4, -0.2) is 28.0 Å². The van der Waals surface area contributed by atoms with Crippen LogP contribution in [0.5, 0.6) is 0 Å². The monoisotopic (exact) mass is 486 g/mol. The molecule has 0 aliphatic heterocycles. The summed E-state index contributed by atoms with van der Waals surface area (Å²) in [4.78, 5) is 37.6. The summed E-state index contributed by atoms with van der Waals surface area (Å²) >= 11 is 1.04. The summed E-state index contributed by atoms with van der Waals surface area (Å²) < 4.78 is 5.36. The van der Waals surface area contributed by atoms with E-state index in [0.29, 0.717) is 21.9 Å². The van der Waals surface area contributed by atoms with Gasteiger partial charge in [-0.1, -0.05) is 60.7 Å². The number of benzene rings is 3. The third-order valence-electron chi connectivity index (χ3n) is 5.04. The topological polar surface area (TPSA) is 110 Å². The van der Waals surface area contributed by atoms with Crippen LogP contribution in [0.2, 0.25) is 0 Å². The molecule has 0 aliphatic rings. The largest absolute Gasteiger partial charge is 0.455 e. The number of carbonyl (C=O) groups excluding carboxylic acids is 3. The maximum Gasteiger partial charge on any atom is 0.340 e. The SMILES string of the molecule is CCc1ccc(NC(=O)c2nnc(COC(=O)c3ccccc3NC(=O)c3ccccc3)s2)cc1. The van der Waals surface area contributed by atoms with Crippen LogP contribution in [0.1, 0.15) is 48.0 Å². The normalized spacial score (nSPS) is 10.4. The van der Waals surface area contributed by atoms with Gasteiger partial charge in [0.25, 0.3) is 11.8 Å². The molecule has 0 aliphatic carbocycles. The molecule has 0 bridgehead atoms. The van der Waals surface area contributed by atoms with Gasteiger partial charge >= 0.3 is 5.97 Å². The molecule has 2 amide bonds. The number of esters is 1. The Morgan fingerprint density at radius 3 is 2.29 bits per heavy atom. The lowest BCUT2D eigenvalue weighted by atomic mass is 10.1. The summed E-state index contributed by atoms with van der Waals surface area (Å²) in [7, 11) is 0. The molecule has 1 aromatic heterocycles. The van der Waals surface area contributed by atoms with Gasteiger partial charge in [-0.3, -0.25) is 9.59 Å². The van der Waals surface area contributed by atoms with Gasteiger partial charge < -0.3 is 15.4 Å². The Bertz CT molecular complexity index is 1340. The molecule has 0 saturated heterocycles. The van der Waals surface area contributed by atoms with Crippen LogP contribution in [0.4, 0.5) is 11.4 Å². The number of para-hydroxylation sites is 1. The summed E-state index contributed by atoms with van der Waals surface area (Å²) in [6.07, 6.45) is 0.913. The highest BCUT2D eigenvalue weighted by molar-refractivity contribution is 7.13. The second-order valence-electron chi connectivity index (χ2n) is 7.45. The quantitative estimate of drug-likeness (QED) is 0.341. The average Bonchev–Trinajstić information content (AvgIpc) is 3.38. The van der Waals surface area contributed by atoms with Crippen molar-refractivity contribution in [1.82, 2.24) is 10.2 Å². The minimum atomic E-state index is -0.633. The van der Waals surface area contributed by atoms with E-state index in [1.54, 1.807) is 48.5 Å². The lowest BCUT2D eigenvalue weighted by molar-refractivity contribution is 0.0473. The summed E-state index contributed by atoms with van der Waals surface area (Å²) in [6, 6.07) is 22.8. The number of ether oxygens (including phenoxy) is 1. The zero-order valence-electron chi connectivity index (χ0n) is 18.9. The first-order chi connectivity index (χ1) is 17.0. The van der Waals surface area contributed by atoms with E-state index >= 15 is 0 Å². The first-order valence-corrected chi connectivity index (χ1v) is 11.7. The Labute approximate surface area is 206 Å². The molecular weight excluding hydrogens is 464 g/mol. The zero-order valence-corrected chi connectivity index (χ0v) is 19.7. The van der Waals surface area contributed by atoms with E-state index in [-0.39, 0.29) is 23.1 Å². The number of carbonyl (C=O) groups is 3. The zero-order chi connectivity index (χ0) is 24.6. The summed E-state index contributed by atoms with van der Waals surface area (Å²) in [5.41, 5.74) is 2.83. The molecule has 0 spiro atoms. The molecule has 176 valence electrons. The van der Waals surface area contributed by atoms with Crippen molar-refractivity contribution in [1.29, 1.82) is 0 Å². The Morgan fingerprint density at radius 2 is 1.54 bits per heavy atom. The molecule has 0 radical (unpaired) electrons. The molecule has 0 unspecified atom stereocenters. The fourth-order valence-electron chi connectivity index (χ4n) is 3.17. The number of rotatable bonds is 8. The van der Waals surface area contributed by atoms with Crippen molar-refractivity contribution in [2.24, 2.45) is 0 Å². The Morgan fingerprint density at radius 1 is 0.829 bits per heavy atom. The van der Waals surface area contributed by atoms with Gasteiger partial charge in [0.1, 0.15) is 6.61 Å². The Balaban J connectivity index is 1.36. The van der Waals surface area contributed by atoms with E-state index in [2.05, 4.69) is 27.8 Å². The van der Waals surface area contributed by atoms with Crippen LogP contribution in [-0.2, 0) is 17.8 Å². The first-order valence-electron chi connectivity index (χ1n) is 10.9. The van der Waals surface area contributed by atoms with Crippen LogP contribution in [0.3, 0.4) is 0 Å². The van der Waals surface area contributed by atoms with Gasteiger partial charge in [-0.15, -0.1) is 10.2 Å². The number of hydrogen-bond donors (Lipinski definition) is 2. The number of hydrogen-bond acceptors (Lipinski definition) is 7. The Hall–Kier alpha value is -4.37. The number of amides is 2. The van der Waals surface area contributed by atoms with Gasteiger partial charge in [0.05, 0.1) is 11.3 Å². The molecule has 4 rings (SSSR count). The van der Waals surface area contributed by atoms with Crippen LogP contribution < -0.4 is 10.6 Å². The van der Waals surface area contributed by atoms with Gasteiger partial charge in [-0.05, 0) is 48.4 Å². The summed E-state index contributed by atoms with van der Waals surface area (Å²) in [5.74, 6) is -1.36. The highest BCUT2D eigenvalue weighted by Crippen LogP contribution is 2.20. The van der Waals surface area contributed by atoms with Crippen LogP contribution >= 0.6 is 11.3 Å². The van der Waals surface area contributed by atoms with Gasteiger partial charge in [-0.25, -0.2) is 4.79 Å². The van der Waals surface area contributed by atoms with E-state index in [1.807, 2.05) is 30.3 Å². The standard InChI is InChI=1S/C26H22N4O4S/c1-2-17-12-14-19(15-13-17)27-24(32)25-30-29-22(35-25)16-34-26(33)20-10-6-7-11-21(20)28-23(31)18-8-4-3-5-9-18/h3-15H,2,16H2,1H3,(H,27,32)(H,28,31). The van der Waals surface area contributed by atoms with Crippen molar-refractivity contribution in [3.8, 4) is 0 Å². The summed E-state index contributed by atoms with van der Waals surface area (Å²) in [6.45, 7) is 1.90. The van der Waals surface area contributed by atoms with E-state index in [1.165, 1.54) is 5.56 Å². The minimum Gasteiger partial charge on any atom is -0.455 e. The first kappa shape index (κ1) is 23.8. The van der Waals surface area contributed by atoms with Crippen LogP contribution in [0.25, 0.3) is 0 Å². The van der Waals surface area contributed by atoms with E-state index in [4.69, 9.17) is 4.74 Å². The third-order valence-corrected chi connectivity index (χ3v) is 5.93. The molecule has 3 aromatic carbocycles. The van der Waals surface area contributed by atoms with E-state index in [0.717, 1.165) is 17.8 Å². The number of aryl methyl sites for hydroxylation is 1. The molecule has 2 N–H and O–H groups in total. The molecule has 4 aromatic rings. The second-order valence-corrected chi connectivity index (χ2v) is 8.51. The highest BCUT2D eigenvalue weighted by Gasteiger charge is 2.18. The molecule has 0 atom stereocenters. The Kier molecular flexibility index (Phi) is 7.59. The van der Waals surface area contributed by atoms with E-state index < -0.39 is 11.9 Å². The predicted molar refractivity (Wildman–Crippen MR) is 134 cm³/mol. The lowest BCUT2D eigenvalue weighted by Gasteiger charge is -2.10. The fourth-order valence-corrected chi connectivity index (χ4v) is 3.82. The number of aromatic nitrogens is 2. The van der Waals surface area contributed by atoms with Gasteiger partial charge in [0, 0.05) is 11.3 Å². The van der Waals surface area contributed by atoms with Crippen LogP contribution in [0.15, 0.2) is 78.9 Å². The second kappa shape index (κ2) is 11.2. The fraction of sp³-hybridized carbons (Fsp3) is 0.115.